The highest BCUT2D eigenvalue weighted by atomic mass is 16.5. The van der Waals surface area contributed by atoms with Gasteiger partial charge in [-0.25, -0.2) is 4.98 Å². The topological polar surface area (TPSA) is 93.0 Å². The maximum absolute atomic E-state index is 12.7. The second-order valence-electron chi connectivity index (χ2n) is 6.95. The number of aromatic nitrogens is 3. The van der Waals surface area contributed by atoms with Crippen LogP contribution in [0.5, 0.6) is 5.75 Å². The van der Waals surface area contributed by atoms with Gasteiger partial charge in [0, 0.05) is 5.56 Å². The van der Waals surface area contributed by atoms with E-state index in [0.29, 0.717) is 23.7 Å². The minimum absolute atomic E-state index is 0.194. The van der Waals surface area contributed by atoms with E-state index in [1.165, 1.54) is 0 Å². The van der Waals surface area contributed by atoms with E-state index < -0.39 is 0 Å². The lowest BCUT2D eigenvalue weighted by molar-refractivity contribution is 0.0938. The van der Waals surface area contributed by atoms with Crippen LogP contribution in [-0.4, -0.2) is 21.0 Å². The third kappa shape index (κ3) is 3.99. The van der Waals surface area contributed by atoms with Gasteiger partial charge in [0.05, 0.1) is 28.3 Å². The molecule has 1 unspecified atom stereocenters. The van der Waals surface area contributed by atoms with Gasteiger partial charge in [-0.15, -0.1) is 0 Å². The maximum atomic E-state index is 12.7. The van der Waals surface area contributed by atoms with Crippen molar-refractivity contribution in [2.75, 3.05) is 0 Å². The number of aryl methyl sites for hydroxylation is 2. The van der Waals surface area contributed by atoms with E-state index in [4.69, 9.17) is 9.26 Å². The highest BCUT2D eigenvalue weighted by Gasteiger charge is 2.16. The van der Waals surface area contributed by atoms with Crippen molar-refractivity contribution in [3.63, 3.8) is 0 Å². The van der Waals surface area contributed by atoms with Crippen LogP contribution in [0, 0.1) is 13.8 Å². The second-order valence-corrected chi connectivity index (χ2v) is 6.95. The fourth-order valence-corrected chi connectivity index (χ4v) is 3.12. The molecule has 7 nitrogen and oxygen atoms in total. The van der Waals surface area contributed by atoms with Crippen LogP contribution in [0.15, 0.2) is 53.1 Å². The number of aromatic amines is 1. The largest absolute Gasteiger partial charge is 0.489 e. The molecule has 2 aromatic carbocycles. The highest BCUT2D eigenvalue weighted by Crippen LogP contribution is 2.20. The first-order valence-corrected chi connectivity index (χ1v) is 9.41. The van der Waals surface area contributed by atoms with Gasteiger partial charge in [-0.2, -0.15) is 0 Å². The number of fused-ring (bicyclic) bond motifs is 1. The SMILES string of the molecule is Cc1noc(C)c1COc1cccc(C(=O)NC(C)c2nc3ccccc3[nH]2)c1. The van der Waals surface area contributed by atoms with Gasteiger partial charge in [0.1, 0.15) is 23.9 Å². The van der Waals surface area contributed by atoms with E-state index in [0.717, 1.165) is 28.1 Å². The van der Waals surface area contributed by atoms with E-state index in [2.05, 4.69) is 20.4 Å². The Hall–Kier alpha value is -3.61. The summed E-state index contributed by atoms with van der Waals surface area (Å²) in [6, 6.07) is 14.6. The summed E-state index contributed by atoms with van der Waals surface area (Å²) in [5.74, 6) is 1.86. The van der Waals surface area contributed by atoms with Gasteiger partial charge < -0.3 is 19.6 Å². The monoisotopic (exact) mass is 390 g/mol. The average molecular weight is 390 g/mol. The van der Waals surface area contributed by atoms with Crippen LogP contribution in [-0.2, 0) is 6.61 Å². The third-order valence-electron chi connectivity index (χ3n) is 4.83. The number of amides is 1. The van der Waals surface area contributed by atoms with Crippen molar-refractivity contribution in [1.29, 1.82) is 0 Å². The van der Waals surface area contributed by atoms with Crippen LogP contribution in [0.1, 0.15) is 46.2 Å². The van der Waals surface area contributed by atoms with Gasteiger partial charge in [-0.3, -0.25) is 4.79 Å². The molecule has 0 saturated carbocycles. The quantitative estimate of drug-likeness (QED) is 0.514. The summed E-state index contributed by atoms with van der Waals surface area (Å²) < 4.78 is 11.0. The van der Waals surface area contributed by atoms with Gasteiger partial charge >= 0.3 is 0 Å². The van der Waals surface area contributed by atoms with E-state index in [1.54, 1.807) is 18.2 Å². The van der Waals surface area contributed by atoms with Crippen LogP contribution in [0.25, 0.3) is 11.0 Å². The number of hydrogen-bond acceptors (Lipinski definition) is 5. The first-order chi connectivity index (χ1) is 14.0. The molecule has 0 saturated heterocycles. The number of para-hydroxylation sites is 2. The van der Waals surface area contributed by atoms with Crippen molar-refractivity contribution < 1.29 is 14.1 Å². The van der Waals surface area contributed by atoms with E-state index >= 15 is 0 Å². The van der Waals surface area contributed by atoms with Gasteiger partial charge in [-0.05, 0) is 51.1 Å². The van der Waals surface area contributed by atoms with Gasteiger partial charge in [0.25, 0.3) is 5.91 Å². The van der Waals surface area contributed by atoms with Crippen molar-refractivity contribution in [2.45, 2.75) is 33.4 Å². The molecule has 4 aromatic rings. The lowest BCUT2D eigenvalue weighted by Gasteiger charge is -2.12. The van der Waals surface area contributed by atoms with Crippen molar-refractivity contribution in [3.05, 3.63) is 76.9 Å². The number of rotatable bonds is 6. The lowest BCUT2D eigenvalue weighted by atomic mass is 10.2. The minimum atomic E-state index is -0.262. The van der Waals surface area contributed by atoms with Gasteiger partial charge in [-0.1, -0.05) is 23.4 Å². The molecule has 0 radical (unpaired) electrons. The molecular weight excluding hydrogens is 368 g/mol. The van der Waals surface area contributed by atoms with Gasteiger partial charge in [0.15, 0.2) is 0 Å². The van der Waals surface area contributed by atoms with Crippen LogP contribution in [0.2, 0.25) is 0 Å². The molecule has 2 N–H and O–H groups in total. The van der Waals surface area contributed by atoms with Crippen molar-refractivity contribution in [1.82, 2.24) is 20.4 Å². The molecule has 0 bridgehead atoms. The maximum Gasteiger partial charge on any atom is 0.251 e. The molecule has 0 aliphatic carbocycles. The normalized spacial score (nSPS) is 12.1. The number of H-pyrrole nitrogens is 1. The Bertz CT molecular complexity index is 1110. The molecule has 1 atom stereocenters. The molecule has 0 fully saturated rings. The van der Waals surface area contributed by atoms with Crippen molar-refractivity contribution >= 4 is 16.9 Å². The molecular formula is C22H22N4O3. The van der Waals surface area contributed by atoms with Crippen LogP contribution in [0.4, 0.5) is 0 Å². The van der Waals surface area contributed by atoms with E-state index in [1.807, 2.05) is 51.1 Å². The number of benzene rings is 2. The Labute approximate surface area is 168 Å². The Kier molecular flexibility index (Phi) is 5.03. The van der Waals surface area contributed by atoms with Crippen molar-refractivity contribution in [2.24, 2.45) is 0 Å². The zero-order chi connectivity index (χ0) is 20.4. The Morgan fingerprint density at radius 1 is 1.21 bits per heavy atom. The first-order valence-electron chi connectivity index (χ1n) is 9.41. The molecule has 0 aliphatic heterocycles. The second kappa shape index (κ2) is 7.79. The average Bonchev–Trinajstić information content (AvgIpc) is 3.30. The number of ether oxygens (including phenoxy) is 1. The van der Waals surface area contributed by atoms with E-state index in [9.17, 15) is 4.79 Å². The number of nitrogens with one attached hydrogen (secondary N) is 2. The van der Waals surface area contributed by atoms with Gasteiger partial charge in [0.2, 0.25) is 0 Å². The number of carbonyl (C=O) groups is 1. The summed E-state index contributed by atoms with van der Waals surface area (Å²) >= 11 is 0. The summed E-state index contributed by atoms with van der Waals surface area (Å²) in [6.07, 6.45) is 0. The molecule has 0 spiro atoms. The molecule has 0 aliphatic rings. The fraction of sp³-hybridized carbons (Fsp3) is 0.227. The summed E-state index contributed by atoms with van der Waals surface area (Å²) in [7, 11) is 0. The number of hydrogen-bond donors (Lipinski definition) is 2. The highest BCUT2D eigenvalue weighted by molar-refractivity contribution is 5.94. The Morgan fingerprint density at radius 3 is 2.79 bits per heavy atom. The molecule has 2 heterocycles. The molecule has 4 rings (SSSR count). The molecule has 148 valence electrons. The van der Waals surface area contributed by atoms with Crippen molar-refractivity contribution in [3.8, 4) is 5.75 Å². The zero-order valence-corrected chi connectivity index (χ0v) is 16.5. The van der Waals surface area contributed by atoms with Crippen LogP contribution in [0.3, 0.4) is 0 Å². The minimum Gasteiger partial charge on any atom is -0.489 e. The molecule has 1 amide bonds. The lowest BCUT2D eigenvalue weighted by Crippen LogP contribution is -2.27. The molecule has 29 heavy (non-hydrogen) atoms. The van der Waals surface area contributed by atoms with Crippen LogP contribution >= 0.6 is 0 Å². The predicted octanol–water partition coefficient (Wildman–Crippen LogP) is 4.24. The molecule has 7 heteroatoms. The summed E-state index contributed by atoms with van der Waals surface area (Å²) in [6.45, 7) is 5.95. The zero-order valence-electron chi connectivity index (χ0n) is 16.5. The fourth-order valence-electron chi connectivity index (χ4n) is 3.12. The molecule has 2 aromatic heterocycles. The third-order valence-corrected chi connectivity index (χ3v) is 4.83. The Morgan fingerprint density at radius 2 is 2.03 bits per heavy atom. The number of carbonyl (C=O) groups excluding carboxylic acids is 1. The Balaban J connectivity index is 1.43. The smallest absolute Gasteiger partial charge is 0.251 e. The van der Waals surface area contributed by atoms with E-state index in [-0.39, 0.29) is 11.9 Å². The summed E-state index contributed by atoms with van der Waals surface area (Å²) in [5.41, 5.74) is 4.05. The summed E-state index contributed by atoms with van der Waals surface area (Å²) in [5, 5.41) is 6.90. The summed E-state index contributed by atoms with van der Waals surface area (Å²) in [4.78, 5) is 20.5. The first kappa shape index (κ1) is 18.7. The number of nitrogens with zero attached hydrogens (tertiary/aromatic N) is 2. The number of imidazole rings is 1. The van der Waals surface area contributed by atoms with Crippen LogP contribution < -0.4 is 10.1 Å². The predicted molar refractivity (Wildman–Crippen MR) is 109 cm³/mol. The standard InChI is InChI=1S/C22H22N4O3/c1-13-18(15(3)29-26-13)12-28-17-8-6-7-16(11-17)22(27)23-14(2)21-24-19-9-4-5-10-20(19)25-21/h4-11,14H,12H2,1-3H3,(H,23,27)(H,24,25).